The predicted octanol–water partition coefficient (Wildman–Crippen LogP) is 2.47. The van der Waals surface area contributed by atoms with Crippen LogP contribution in [0.5, 0.6) is 0 Å². The normalized spacial score (nSPS) is 10.9. The molecule has 15 heavy (non-hydrogen) atoms. The fraction of sp³-hybridized carbons (Fsp3) is 0.125. The number of para-hydroxylation sites is 1. The maximum Gasteiger partial charge on any atom is 0.485 e. The Bertz CT molecular complexity index is 364. The lowest BCUT2D eigenvalue weighted by atomic mass is 10.3. The number of rotatable bonds is 1. The number of urea groups is 1. The van der Waals surface area contributed by atoms with Crippen LogP contribution in [0.2, 0.25) is 0 Å². The van der Waals surface area contributed by atoms with Crippen molar-refractivity contribution in [3.63, 3.8) is 0 Å². The second-order valence-corrected chi connectivity index (χ2v) is 2.56. The lowest BCUT2D eigenvalue weighted by Gasteiger charge is -2.10. The highest BCUT2D eigenvalue weighted by Gasteiger charge is 2.30. The van der Waals surface area contributed by atoms with E-state index < -0.39 is 18.1 Å². The van der Waals surface area contributed by atoms with Crippen molar-refractivity contribution in [3.05, 3.63) is 30.1 Å². The largest absolute Gasteiger partial charge is 0.485 e. The molecule has 0 aliphatic carbocycles. The minimum atomic E-state index is -4.84. The summed E-state index contributed by atoms with van der Waals surface area (Å²) in [6.45, 7) is 0. The van der Waals surface area contributed by atoms with Crippen LogP contribution in [0.4, 0.5) is 28.0 Å². The molecule has 0 saturated carbocycles. The van der Waals surface area contributed by atoms with Gasteiger partial charge in [-0.3, -0.25) is 0 Å². The number of carbonyl (C=O) groups is 1. The highest BCUT2D eigenvalue weighted by atomic mass is 19.4. The number of nitrogens with one attached hydrogen (secondary N) is 2. The zero-order chi connectivity index (χ0) is 11.5. The molecule has 0 aromatic heterocycles. The van der Waals surface area contributed by atoms with E-state index in [9.17, 15) is 22.4 Å². The third-order valence-electron chi connectivity index (χ3n) is 1.38. The van der Waals surface area contributed by atoms with Crippen LogP contribution >= 0.6 is 0 Å². The Morgan fingerprint density at radius 2 is 1.80 bits per heavy atom. The first-order valence-electron chi connectivity index (χ1n) is 3.79. The van der Waals surface area contributed by atoms with Gasteiger partial charge in [0.15, 0.2) is 0 Å². The fourth-order valence-corrected chi connectivity index (χ4v) is 0.845. The van der Waals surface area contributed by atoms with Gasteiger partial charge in [0, 0.05) is 0 Å². The van der Waals surface area contributed by atoms with E-state index in [2.05, 4.69) is 0 Å². The molecular weight excluding hydrogens is 216 g/mol. The molecule has 1 aromatic rings. The van der Waals surface area contributed by atoms with Gasteiger partial charge in [-0.25, -0.2) is 14.5 Å². The predicted molar refractivity (Wildman–Crippen MR) is 44.6 cm³/mol. The summed E-state index contributed by atoms with van der Waals surface area (Å²) in [6.07, 6.45) is -4.84. The van der Waals surface area contributed by atoms with Crippen LogP contribution in [-0.4, -0.2) is 12.3 Å². The van der Waals surface area contributed by atoms with E-state index in [0.29, 0.717) is 5.32 Å². The molecule has 0 saturated heterocycles. The molecule has 2 amide bonds. The summed E-state index contributed by atoms with van der Waals surface area (Å²) in [7, 11) is 0. The molecule has 7 heteroatoms. The third kappa shape index (κ3) is 3.84. The van der Waals surface area contributed by atoms with Crippen LogP contribution in [0.1, 0.15) is 0 Å². The van der Waals surface area contributed by atoms with Crippen molar-refractivity contribution in [2.75, 3.05) is 5.32 Å². The van der Waals surface area contributed by atoms with E-state index in [4.69, 9.17) is 0 Å². The van der Waals surface area contributed by atoms with Crippen molar-refractivity contribution in [2.45, 2.75) is 6.30 Å². The van der Waals surface area contributed by atoms with Gasteiger partial charge in [0.05, 0.1) is 5.69 Å². The maximum absolute atomic E-state index is 12.9. The monoisotopic (exact) mass is 222 g/mol. The molecule has 0 aliphatic rings. The average molecular weight is 222 g/mol. The first kappa shape index (κ1) is 11.3. The van der Waals surface area contributed by atoms with E-state index in [-0.39, 0.29) is 5.69 Å². The zero-order valence-corrected chi connectivity index (χ0v) is 7.23. The summed E-state index contributed by atoms with van der Waals surface area (Å²) in [5, 5.41) is 2.40. The Labute approximate surface area is 82.1 Å². The molecular formula is C8H6F4N2O. The Hall–Kier alpha value is -1.79. The minimum absolute atomic E-state index is 0.320. The van der Waals surface area contributed by atoms with Crippen LogP contribution in [0.25, 0.3) is 0 Å². The van der Waals surface area contributed by atoms with Crippen LogP contribution in [-0.2, 0) is 0 Å². The molecule has 0 atom stereocenters. The molecule has 1 rings (SSSR count). The molecule has 0 unspecified atom stereocenters. The lowest BCUT2D eigenvalue weighted by Crippen LogP contribution is -2.40. The van der Waals surface area contributed by atoms with Gasteiger partial charge in [-0.15, -0.1) is 0 Å². The molecule has 82 valence electrons. The molecule has 0 radical (unpaired) electrons. The van der Waals surface area contributed by atoms with E-state index >= 15 is 0 Å². The van der Waals surface area contributed by atoms with E-state index in [1.165, 1.54) is 12.1 Å². The van der Waals surface area contributed by atoms with Crippen molar-refractivity contribution in [1.82, 2.24) is 5.32 Å². The van der Waals surface area contributed by atoms with E-state index in [1.54, 1.807) is 5.32 Å². The van der Waals surface area contributed by atoms with Crippen LogP contribution in [0.15, 0.2) is 24.3 Å². The topological polar surface area (TPSA) is 41.1 Å². The maximum atomic E-state index is 12.9. The van der Waals surface area contributed by atoms with E-state index in [0.717, 1.165) is 12.1 Å². The van der Waals surface area contributed by atoms with Crippen LogP contribution in [0.3, 0.4) is 0 Å². The van der Waals surface area contributed by atoms with Gasteiger partial charge >= 0.3 is 12.3 Å². The fourth-order valence-electron chi connectivity index (χ4n) is 0.845. The average Bonchev–Trinajstić information content (AvgIpc) is 2.05. The van der Waals surface area contributed by atoms with Crippen LogP contribution in [0, 0.1) is 5.82 Å². The zero-order valence-electron chi connectivity index (χ0n) is 7.23. The molecule has 0 spiro atoms. The van der Waals surface area contributed by atoms with Gasteiger partial charge in [-0.05, 0) is 12.1 Å². The quantitative estimate of drug-likeness (QED) is 0.556. The Morgan fingerprint density at radius 3 is 2.33 bits per heavy atom. The highest BCUT2D eigenvalue weighted by Crippen LogP contribution is 2.14. The number of hydrogen-bond acceptors (Lipinski definition) is 1. The Morgan fingerprint density at radius 1 is 1.20 bits per heavy atom. The molecule has 1 aromatic carbocycles. The lowest BCUT2D eigenvalue weighted by molar-refractivity contribution is -0.144. The number of amides is 2. The molecule has 2 N–H and O–H groups in total. The summed E-state index contributed by atoms with van der Waals surface area (Å²) in [5.74, 6) is -0.810. The van der Waals surface area contributed by atoms with Gasteiger partial charge in [0.2, 0.25) is 0 Å². The van der Waals surface area contributed by atoms with E-state index in [1.807, 2.05) is 0 Å². The van der Waals surface area contributed by atoms with Crippen molar-refractivity contribution in [2.24, 2.45) is 0 Å². The van der Waals surface area contributed by atoms with Gasteiger partial charge in [-0.2, -0.15) is 13.2 Å². The smallest absolute Gasteiger partial charge is 0.305 e. The SMILES string of the molecule is O=C(Nc1ccccc1F)NC(F)(F)F. The molecule has 3 nitrogen and oxygen atoms in total. The molecule has 0 aliphatic heterocycles. The second-order valence-electron chi connectivity index (χ2n) is 2.56. The summed E-state index contributed by atoms with van der Waals surface area (Å²) in [4.78, 5) is 10.7. The minimum Gasteiger partial charge on any atom is -0.305 e. The standard InChI is InChI=1S/C8H6F4N2O/c9-5-3-1-2-4-6(5)13-7(15)14-8(10,11)12/h1-4H,(H2,13,14,15). The molecule has 0 fully saturated rings. The van der Waals surface area contributed by atoms with Gasteiger partial charge < -0.3 is 5.32 Å². The van der Waals surface area contributed by atoms with Gasteiger partial charge in [0.1, 0.15) is 5.82 Å². The number of carbonyl (C=O) groups excluding carboxylic acids is 1. The number of alkyl halides is 3. The summed E-state index contributed by atoms with van der Waals surface area (Å²) in [5.41, 5.74) is -0.320. The van der Waals surface area contributed by atoms with Gasteiger partial charge in [0.25, 0.3) is 0 Å². The van der Waals surface area contributed by atoms with Gasteiger partial charge in [-0.1, -0.05) is 12.1 Å². The van der Waals surface area contributed by atoms with Crippen molar-refractivity contribution in [1.29, 1.82) is 0 Å². The van der Waals surface area contributed by atoms with Crippen molar-refractivity contribution in [3.8, 4) is 0 Å². The Kier molecular flexibility index (Phi) is 3.13. The third-order valence-corrected chi connectivity index (χ3v) is 1.38. The Balaban J connectivity index is 2.64. The number of halogens is 4. The molecule has 0 heterocycles. The molecule has 0 bridgehead atoms. The number of benzene rings is 1. The number of anilines is 1. The second kappa shape index (κ2) is 4.16. The first-order chi connectivity index (χ1) is 6.88. The summed E-state index contributed by atoms with van der Waals surface area (Å²) in [6, 6.07) is 3.36. The van der Waals surface area contributed by atoms with Crippen molar-refractivity contribution >= 4 is 11.7 Å². The van der Waals surface area contributed by atoms with Crippen molar-refractivity contribution < 1.29 is 22.4 Å². The summed E-state index contributed by atoms with van der Waals surface area (Å²) < 4.78 is 47.8. The van der Waals surface area contributed by atoms with Crippen LogP contribution < -0.4 is 10.6 Å². The summed E-state index contributed by atoms with van der Waals surface area (Å²) >= 11 is 0. The number of hydrogen-bond donors (Lipinski definition) is 2. The highest BCUT2D eigenvalue weighted by molar-refractivity contribution is 5.89. The first-order valence-corrected chi connectivity index (χ1v) is 3.79.